The number of phenolic OH excluding ortho intramolecular Hbond substituents is 1. The molecule has 1 N–H and O–H groups in total. The van der Waals surface area contributed by atoms with Crippen molar-refractivity contribution in [2.75, 3.05) is 24.1 Å². The van der Waals surface area contributed by atoms with Crippen LogP contribution in [0.25, 0.3) is 0 Å². The van der Waals surface area contributed by atoms with Gasteiger partial charge in [-0.25, -0.2) is 14.3 Å². The van der Waals surface area contributed by atoms with Crippen molar-refractivity contribution >= 4 is 85.9 Å². The van der Waals surface area contributed by atoms with Crippen molar-refractivity contribution in [2.45, 2.75) is 34.7 Å². The monoisotopic (exact) mass is 844 g/mol. The van der Waals surface area contributed by atoms with Gasteiger partial charge in [0.2, 0.25) is 0 Å². The summed E-state index contributed by atoms with van der Waals surface area (Å²) in [5.41, 5.74) is -1.03. The Kier molecular flexibility index (Phi) is 8.63. The lowest BCUT2D eigenvalue weighted by atomic mass is 9.56. The van der Waals surface area contributed by atoms with Gasteiger partial charge in [0, 0.05) is 23.0 Å². The van der Waals surface area contributed by atoms with Gasteiger partial charge in [-0.15, -0.1) is 23.2 Å². The number of carbonyl (C=O) groups excluding carboxylic acids is 4. The van der Waals surface area contributed by atoms with Crippen LogP contribution in [0.5, 0.6) is 11.5 Å². The first-order valence-electron chi connectivity index (χ1n) is 15.5. The van der Waals surface area contributed by atoms with E-state index in [1.54, 1.807) is 6.08 Å². The number of imide groups is 2. The maximum absolute atomic E-state index is 14.6. The number of nitrogens with zero attached hydrogens (tertiary/aromatic N) is 4. The standard InChI is InChI=1S/C34H24BrCl3F4N4O6/c1-44(27-21(36)9-10-23(43-27)34(40,41)42)46-28(48)18-8-7-17-20(24(18)29(46)49)13-32(37)30(50)45(16-5-3-15(39)4-6-16)31(51)33(32,38)25(17)19-11-14(35)12-22(52-2)26(19)47/h3-7,9-12,18,20,24-25,47H,8,13H2,1-2H3/t18-,20+,24-,25+,32+,33-/m0/s1. The molecule has 10 nitrogen and oxygen atoms in total. The fraction of sp³-hybridized carbons (Fsp3) is 0.324. The predicted octanol–water partition coefficient (Wildman–Crippen LogP) is 6.98. The third-order valence-electron chi connectivity index (χ3n) is 10.2. The Balaban J connectivity index is 1.38. The number of aromatic hydroxyl groups is 1. The third kappa shape index (κ3) is 5.06. The summed E-state index contributed by atoms with van der Waals surface area (Å²) in [6, 6.07) is 8.97. The Morgan fingerprint density at radius 3 is 2.33 bits per heavy atom. The first-order chi connectivity index (χ1) is 24.4. The minimum Gasteiger partial charge on any atom is -0.504 e. The second-order valence-corrected chi connectivity index (χ2v) is 15.4. The van der Waals surface area contributed by atoms with Crippen molar-refractivity contribution in [1.82, 2.24) is 9.99 Å². The van der Waals surface area contributed by atoms with Crippen LogP contribution < -0.4 is 14.6 Å². The molecule has 1 aromatic heterocycles. The normalized spacial score (nSPS) is 28.5. The Hall–Kier alpha value is -3.92. The van der Waals surface area contributed by atoms with Gasteiger partial charge in [0.05, 0.1) is 29.7 Å². The highest BCUT2D eigenvalue weighted by Gasteiger charge is 2.77. The van der Waals surface area contributed by atoms with Crippen molar-refractivity contribution < 1.29 is 46.6 Å². The molecule has 3 heterocycles. The lowest BCUT2D eigenvalue weighted by molar-refractivity contribution is -0.141. The molecule has 18 heteroatoms. The molecular formula is C34H24BrCl3F4N4O6. The van der Waals surface area contributed by atoms with Gasteiger partial charge in [0.1, 0.15) is 11.5 Å². The summed E-state index contributed by atoms with van der Waals surface area (Å²) in [4.78, 5) is 57.0. The lowest BCUT2D eigenvalue weighted by Crippen LogP contribution is -2.60. The quantitative estimate of drug-likeness (QED) is 0.127. The van der Waals surface area contributed by atoms with Gasteiger partial charge in [-0.3, -0.25) is 24.2 Å². The molecule has 0 radical (unpaired) electrons. The number of fused-ring (bicyclic) bond motifs is 4. The van der Waals surface area contributed by atoms with Crippen LogP contribution in [-0.2, 0) is 25.4 Å². The molecule has 0 unspecified atom stereocenters. The molecule has 1 saturated carbocycles. The van der Waals surface area contributed by atoms with Crippen molar-refractivity contribution in [3.05, 3.63) is 86.8 Å². The van der Waals surface area contributed by atoms with Crippen LogP contribution in [0, 0.1) is 23.6 Å². The van der Waals surface area contributed by atoms with Crippen LogP contribution in [0.1, 0.15) is 30.0 Å². The number of pyridine rings is 1. The summed E-state index contributed by atoms with van der Waals surface area (Å²) in [5.74, 6) is -10.0. The minimum atomic E-state index is -4.86. The molecule has 3 aromatic rings. The molecule has 2 aliphatic carbocycles. The molecular weight excluding hydrogens is 823 g/mol. The Morgan fingerprint density at radius 2 is 1.69 bits per heavy atom. The molecule has 7 rings (SSSR count). The number of aromatic nitrogens is 1. The van der Waals surface area contributed by atoms with Crippen LogP contribution >= 0.6 is 50.7 Å². The topological polar surface area (TPSA) is 120 Å². The zero-order chi connectivity index (χ0) is 37.8. The molecule has 4 aliphatic rings. The Bertz CT molecular complexity index is 2120. The van der Waals surface area contributed by atoms with E-state index in [9.17, 15) is 41.8 Å². The third-order valence-corrected chi connectivity index (χ3v) is 12.4. The van der Waals surface area contributed by atoms with E-state index in [0.29, 0.717) is 21.1 Å². The number of ether oxygens (including phenoxy) is 1. The van der Waals surface area contributed by atoms with Gasteiger partial charge in [-0.1, -0.05) is 39.2 Å². The van der Waals surface area contributed by atoms with E-state index in [1.807, 2.05) is 0 Å². The van der Waals surface area contributed by atoms with E-state index in [1.165, 1.54) is 31.4 Å². The number of alkyl halides is 5. The average Bonchev–Trinajstić information content (AvgIpc) is 3.43. The molecule has 3 fully saturated rings. The van der Waals surface area contributed by atoms with E-state index in [4.69, 9.17) is 39.5 Å². The number of amides is 4. The number of anilines is 2. The Labute approximate surface area is 315 Å². The highest BCUT2D eigenvalue weighted by atomic mass is 79.9. The summed E-state index contributed by atoms with van der Waals surface area (Å²) < 4.78 is 60.4. The molecule has 272 valence electrons. The number of rotatable bonds is 5. The second-order valence-electron chi connectivity index (χ2n) is 12.8. The van der Waals surface area contributed by atoms with Crippen molar-refractivity contribution in [1.29, 1.82) is 0 Å². The number of hydrogen-bond acceptors (Lipinski definition) is 8. The van der Waals surface area contributed by atoms with E-state index in [-0.39, 0.29) is 28.4 Å². The van der Waals surface area contributed by atoms with Crippen molar-refractivity contribution in [3.8, 4) is 11.5 Å². The molecule has 52 heavy (non-hydrogen) atoms. The molecule has 2 saturated heterocycles. The summed E-state index contributed by atoms with van der Waals surface area (Å²) in [7, 11) is 2.46. The second kappa shape index (κ2) is 12.3. The number of carbonyl (C=O) groups is 4. The van der Waals surface area contributed by atoms with Gasteiger partial charge < -0.3 is 9.84 Å². The molecule has 2 aromatic carbocycles. The summed E-state index contributed by atoms with van der Waals surface area (Å²) >= 11 is 24.3. The van der Waals surface area contributed by atoms with Gasteiger partial charge in [0.25, 0.3) is 23.6 Å². The predicted molar refractivity (Wildman–Crippen MR) is 183 cm³/mol. The summed E-state index contributed by atoms with van der Waals surface area (Å²) in [6.07, 6.45) is -3.80. The number of phenols is 1. The first kappa shape index (κ1) is 36.4. The van der Waals surface area contributed by atoms with E-state index in [2.05, 4.69) is 20.9 Å². The average molecular weight is 847 g/mol. The molecule has 0 bridgehead atoms. The molecule has 4 amide bonds. The SMILES string of the molecule is COc1cc(Br)cc([C@H]2C3=CC[C@@H]4C(=O)N(N(C)c5nc(C(F)(F)F)ccc5Cl)C(=O)[C@@H]4[C@@H]3C[C@@]3(Cl)C(=O)N(c4ccc(F)cc4)C(=O)[C@@]23Cl)c1O. The van der Waals surface area contributed by atoms with E-state index in [0.717, 1.165) is 35.2 Å². The largest absolute Gasteiger partial charge is 0.504 e. The zero-order valence-corrected chi connectivity index (χ0v) is 30.6. The Morgan fingerprint density at radius 1 is 1.02 bits per heavy atom. The van der Waals surface area contributed by atoms with E-state index < -0.39 is 92.7 Å². The molecule has 0 spiro atoms. The summed E-state index contributed by atoms with van der Waals surface area (Å²) in [5, 5.41) is 12.7. The van der Waals surface area contributed by atoms with Gasteiger partial charge in [0.15, 0.2) is 27.1 Å². The minimum absolute atomic E-state index is 0.00782. The number of hydrogen-bond donors (Lipinski definition) is 1. The first-order valence-corrected chi connectivity index (χ1v) is 17.4. The number of methoxy groups -OCH3 is 1. The van der Waals surface area contributed by atoms with Gasteiger partial charge >= 0.3 is 6.18 Å². The number of allylic oxidation sites excluding steroid dienone is 2. The fourth-order valence-corrected chi connectivity index (χ4v) is 9.51. The zero-order valence-electron chi connectivity index (χ0n) is 26.7. The van der Waals surface area contributed by atoms with Crippen LogP contribution in [0.15, 0.2) is 64.7 Å². The van der Waals surface area contributed by atoms with Crippen LogP contribution in [-0.4, -0.2) is 62.6 Å². The summed E-state index contributed by atoms with van der Waals surface area (Å²) in [6.45, 7) is 0. The van der Waals surface area contributed by atoms with Crippen molar-refractivity contribution in [2.24, 2.45) is 17.8 Å². The molecule has 2 aliphatic heterocycles. The smallest absolute Gasteiger partial charge is 0.433 e. The van der Waals surface area contributed by atoms with E-state index >= 15 is 0 Å². The van der Waals surface area contributed by atoms with Gasteiger partial charge in [-0.05, 0) is 67.3 Å². The fourth-order valence-electron chi connectivity index (χ4n) is 7.90. The number of hydrazine groups is 1. The number of benzene rings is 2. The van der Waals surface area contributed by atoms with Crippen molar-refractivity contribution in [3.63, 3.8) is 0 Å². The highest BCUT2D eigenvalue weighted by molar-refractivity contribution is 9.10. The maximum atomic E-state index is 14.6. The van der Waals surface area contributed by atoms with Crippen LogP contribution in [0.2, 0.25) is 5.02 Å². The highest BCUT2D eigenvalue weighted by Crippen LogP contribution is 2.67. The van der Waals surface area contributed by atoms with Crippen LogP contribution in [0.4, 0.5) is 29.1 Å². The van der Waals surface area contributed by atoms with Gasteiger partial charge in [-0.2, -0.15) is 18.2 Å². The molecule has 6 atom stereocenters. The number of halogens is 8. The maximum Gasteiger partial charge on any atom is 0.433 e. The lowest BCUT2D eigenvalue weighted by Gasteiger charge is -2.50. The van der Waals surface area contributed by atoms with Crippen LogP contribution in [0.3, 0.4) is 0 Å².